The van der Waals surface area contributed by atoms with Crippen LogP contribution in [0.5, 0.6) is 0 Å². The van der Waals surface area contributed by atoms with Crippen LogP contribution in [-0.4, -0.2) is 12.6 Å². The molecular formula is C24H27NO2. The molecule has 1 unspecified atom stereocenters. The molecule has 0 heterocycles. The summed E-state index contributed by atoms with van der Waals surface area (Å²) in [6.07, 6.45) is 7.67. The van der Waals surface area contributed by atoms with Gasteiger partial charge in [-0.3, -0.25) is 0 Å². The molecule has 2 aromatic carbocycles. The van der Waals surface area contributed by atoms with Gasteiger partial charge in [0.05, 0.1) is 18.2 Å². The highest BCUT2D eigenvalue weighted by atomic mass is 16.5. The van der Waals surface area contributed by atoms with E-state index in [-0.39, 0.29) is 5.97 Å². The van der Waals surface area contributed by atoms with Crippen molar-refractivity contribution in [2.45, 2.75) is 39.5 Å². The van der Waals surface area contributed by atoms with Crippen LogP contribution < -0.4 is 0 Å². The lowest BCUT2D eigenvalue weighted by Crippen LogP contribution is -2.12. The quantitative estimate of drug-likeness (QED) is 0.407. The number of benzene rings is 2. The molecule has 0 bridgehead atoms. The van der Waals surface area contributed by atoms with Crippen LogP contribution in [0.4, 0.5) is 0 Å². The second kappa shape index (κ2) is 11.0. The van der Waals surface area contributed by atoms with Crippen molar-refractivity contribution in [3.8, 4) is 17.2 Å². The average molecular weight is 361 g/mol. The smallest absolute Gasteiger partial charge is 0.330 e. The highest BCUT2D eigenvalue weighted by Gasteiger charge is 2.10. The number of carbonyl (C=O) groups is 1. The molecule has 3 nitrogen and oxygen atoms in total. The number of nitrogens with zero attached hydrogens (tertiary/aromatic N) is 1. The second-order valence-electron chi connectivity index (χ2n) is 6.62. The van der Waals surface area contributed by atoms with Crippen LogP contribution in [0, 0.1) is 17.2 Å². The Balaban J connectivity index is 2.09. The van der Waals surface area contributed by atoms with Crippen molar-refractivity contribution in [2.24, 2.45) is 5.92 Å². The SMILES string of the molecule is CCCCC(CC)COC(=O)/C=C/c1ccccc1-c1ccccc1C#N. The molecule has 140 valence electrons. The first-order valence-electron chi connectivity index (χ1n) is 9.62. The summed E-state index contributed by atoms with van der Waals surface area (Å²) in [5.41, 5.74) is 3.28. The lowest BCUT2D eigenvalue weighted by Gasteiger charge is -2.13. The Morgan fingerprint density at radius 2 is 1.81 bits per heavy atom. The molecule has 0 aliphatic rings. The van der Waals surface area contributed by atoms with Gasteiger partial charge in [-0.2, -0.15) is 5.26 Å². The largest absolute Gasteiger partial charge is 0.462 e. The number of hydrogen-bond acceptors (Lipinski definition) is 3. The number of unbranched alkanes of at least 4 members (excludes halogenated alkanes) is 1. The van der Waals surface area contributed by atoms with E-state index in [1.165, 1.54) is 6.08 Å². The molecule has 0 aliphatic heterocycles. The van der Waals surface area contributed by atoms with Crippen molar-refractivity contribution in [3.05, 3.63) is 65.7 Å². The molecule has 2 rings (SSSR count). The number of rotatable bonds is 9. The minimum absolute atomic E-state index is 0.326. The minimum Gasteiger partial charge on any atom is -0.462 e. The predicted octanol–water partition coefficient (Wildman–Crippen LogP) is 6.00. The van der Waals surface area contributed by atoms with E-state index in [1.807, 2.05) is 42.5 Å². The van der Waals surface area contributed by atoms with Gasteiger partial charge in [0.25, 0.3) is 0 Å². The Morgan fingerprint density at radius 3 is 2.52 bits per heavy atom. The van der Waals surface area contributed by atoms with Crippen molar-refractivity contribution in [3.63, 3.8) is 0 Å². The van der Waals surface area contributed by atoms with Crippen molar-refractivity contribution < 1.29 is 9.53 Å². The van der Waals surface area contributed by atoms with E-state index in [0.717, 1.165) is 42.4 Å². The number of nitriles is 1. The highest BCUT2D eigenvalue weighted by molar-refractivity contribution is 5.89. The zero-order valence-electron chi connectivity index (χ0n) is 16.2. The zero-order valence-corrected chi connectivity index (χ0v) is 16.2. The van der Waals surface area contributed by atoms with Gasteiger partial charge in [-0.15, -0.1) is 0 Å². The van der Waals surface area contributed by atoms with Gasteiger partial charge in [0, 0.05) is 11.6 Å². The van der Waals surface area contributed by atoms with E-state index in [4.69, 9.17) is 4.74 Å². The highest BCUT2D eigenvalue weighted by Crippen LogP contribution is 2.27. The van der Waals surface area contributed by atoms with Crippen LogP contribution in [0.1, 0.15) is 50.7 Å². The number of ether oxygens (including phenoxy) is 1. The minimum atomic E-state index is -0.326. The number of esters is 1. The van der Waals surface area contributed by atoms with Crippen LogP contribution in [0.3, 0.4) is 0 Å². The third kappa shape index (κ3) is 6.11. The van der Waals surface area contributed by atoms with E-state index in [0.29, 0.717) is 18.1 Å². The van der Waals surface area contributed by atoms with Crippen LogP contribution in [0.15, 0.2) is 54.6 Å². The van der Waals surface area contributed by atoms with Gasteiger partial charge >= 0.3 is 5.97 Å². The molecule has 0 fully saturated rings. The van der Waals surface area contributed by atoms with Gasteiger partial charge in [-0.1, -0.05) is 75.6 Å². The summed E-state index contributed by atoms with van der Waals surface area (Å²) in [4.78, 5) is 12.1. The average Bonchev–Trinajstić information content (AvgIpc) is 2.72. The topological polar surface area (TPSA) is 50.1 Å². The standard InChI is InChI=1S/C24H27NO2/c1-3-5-10-19(4-2)18-27-24(26)16-15-20-11-6-8-13-22(20)23-14-9-7-12-21(23)17-25/h6-9,11-16,19H,3-5,10,18H2,1-2H3/b16-15+. The Kier molecular flexibility index (Phi) is 8.32. The van der Waals surface area contributed by atoms with Crippen LogP contribution in [-0.2, 0) is 9.53 Å². The third-order valence-corrected chi connectivity index (χ3v) is 4.70. The molecule has 27 heavy (non-hydrogen) atoms. The third-order valence-electron chi connectivity index (χ3n) is 4.70. The molecule has 0 saturated heterocycles. The van der Waals surface area contributed by atoms with E-state index in [9.17, 15) is 10.1 Å². The first-order chi connectivity index (χ1) is 13.2. The maximum absolute atomic E-state index is 12.1. The fourth-order valence-electron chi connectivity index (χ4n) is 3.01. The van der Waals surface area contributed by atoms with Crippen molar-refractivity contribution >= 4 is 12.0 Å². The lowest BCUT2D eigenvalue weighted by atomic mass is 9.95. The summed E-state index contributed by atoms with van der Waals surface area (Å²) < 4.78 is 5.43. The molecule has 2 aromatic rings. The lowest BCUT2D eigenvalue weighted by molar-refractivity contribution is -0.139. The van der Waals surface area contributed by atoms with E-state index in [2.05, 4.69) is 19.9 Å². The molecule has 3 heteroatoms. The van der Waals surface area contributed by atoms with E-state index >= 15 is 0 Å². The maximum Gasteiger partial charge on any atom is 0.330 e. The summed E-state index contributed by atoms with van der Waals surface area (Å²) in [7, 11) is 0. The van der Waals surface area contributed by atoms with Gasteiger partial charge in [0.15, 0.2) is 0 Å². The molecule has 0 amide bonds. The number of carbonyl (C=O) groups excluding carboxylic acids is 1. The van der Waals surface area contributed by atoms with E-state index < -0.39 is 0 Å². The first kappa shape index (κ1) is 20.5. The first-order valence-corrected chi connectivity index (χ1v) is 9.62. The van der Waals surface area contributed by atoms with Gasteiger partial charge in [0.1, 0.15) is 0 Å². The predicted molar refractivity (Wildman–Crippen MR) is 110 cm³/mol. The number of hydrogen-bond donors (Lipinski definition) is 0. The van der Waals surface area contributed by atoms with Gasteiger partial charge in [-0.05, 0) is 35.6 Å². The van der Waals surface area contributed by atoms with Gasteiger partial charge in [0.2, 0.25) is 0 Å². The molecular weight excluding hydrogens is 334 g/mol. The van der Waals surface area contributed by atoms with Crippen LogP contribution in [0.2, 0.25) is 0 Å². The van der Waals surface area contributed by atoms with Crippen molar-refractivity contribution in [1.82, 2.24) is 0 Å². The Labute approximate surface area is 162 Å². The normalized spacial score (nSPS) is 11.9. The molecule has 0 aromatic heterocycles. The zero-order chi connectivity index (χ0) is 19.5. The maximum atomic E-state index is 12.1. The van der Waals surface area contributed by atoms with Gasteiger partial charge < -0.3 is 4.74 Å². The molecule has 0 radical (unpaired) electrons. The van der Waals surface area contributed by atoms with Crippen LogP contribution >= 0.6 is 0 Å². The summed E-state index contributed by atoms with van der Waals surface area (Å²) in [5, 5.41) is 9.35. The molecule has 1 atom stereocenters. The molecule has 0 spiro atoms. The van der Waals surface area contributed by atoms with Crippen molar-refractivity contribution in [1.29, 1.82) is 5.26 Å². The van der Waals surface area contributed by atoms with E-state index in [1.54, 1.807) is 12.1 Å². The molecule has 0 aliphatic carbocycles. The van der Waals surface area contributed by atoms with Gasteiger partial charge in [-0.25, -0.2) is 4.79 Å². The Hall–Kier alpha value is -2.86. The monoisotopic (exact) mass is 361 g/mol. The molecule has 0 N–H and O–H groups in total. The summed E-state index contributed by atoms with van der Waals surface area (Å²) in [6, 6.07) is 17.4. The van der Waals surface area contributed by atoms with Crippen LogP contribution in [0.25, 0.3) is 17.2 Å². The van der Waals surface area contributed by atoms with Crippen molar-refractivity contribution in [2.75, 3.05) is 6.61 Å². The summed E-state index contributed by atoms with van der Waals surface area (Å²) in [6.45, 7) is 4.77. The Morgan fingerprint density at radius 1 is 1.11 bits per heavy atom. The summed E-state index contributed by atoms with van der Waals surface area (Å²) >= 11 is 0. The Bertz CT molecular complexity index is 817. The fraction of sp³-hybridized carbons (Fsp3) is 0.333. The molecule has 0 saturated carbocycles. The summed E-state index contributed by atoms with van der Waals surface area (Å²) in [5.74, 6) is 0.102. The fourth-order valence-corrected chi connectivity index (χ4v) is 3.01. The second-order valence-corrected chi connectivity index (χ2v) is 6.62.